The Morgan fingerprint density at radius 2 is 1.39 bits per heavy atom. The van der Waals surface area contributed by atoms with Gasteiger partial charge < -0.3 is 42.6 Å². The van der Waals surface area contributed by atoms with Crippen molar-refractivity contribution in [2.24, 2.45) is 28.6 Å². The highest BCUT2D eigenvalue weighted by atomic mass is 16.8. The van der Waals surface area contributed by atoms with Crippen molar-refractivity contribution < 1.29 is 71.4 Å². The maximum absolute atomic E-state index is 13.4. The number of hydrogen-bond acceptors (Lipinski definition) is 15. The normalized spacial score (nSPS) is 39.1. The van der Waals surface area contributed by atoms with E-state index in [9.17, 15) is 28.8 Å². The van der Waals surface area contributed by atoms with Gasteiger partial charge in [0.25, 0.3) is 0 Å². The second-order valence-electron chi connectivity index (χ2n) is 15.3. The quantitative estimate of drug-likeness (QED) is 0.162. The summed E-state index contributed by atoms with van der Waals surface area (Å²) in [5, 5.41) is 0. The lowest BCUT2D eigenvalue weighted by molar-refractivity contribution is -0.272. The first-order chi connectivity index (χ1) is 23.9. The number of epoxide rings is 1. The monoisotopic (exact) mass is 724 g/mol. The van der Waals surface area contributed by atoms with Crippen molar-refractivity contribution in [1.82, 2.24) is 0 Å². The zero-order valence-corrected chi connectivity index (χ0v) is 30.8. The second-order valence-corrected chi connectivity index (χ2v) is 15.3. The maximum Gasteiger partial charge on any atom is 0.309 e. The minimum absolute atomic E-state index is 0.0259. The SMILES string of the molecule is CC(=O)O[C@@H]1C[C@@H]2[C@@](C)([C@@H]3C[C@H]4C[C@H](OC(C)=O)O[C@H]4O3)[C@H](C)C[C@H](OC(C)=O)[C@@]2(COC(=O)C[C@H](C)OC(=O)C[C@H](C)OC(C)=O)[C@@]2(CO2)C1. The van der Waals surface area contributed by atoms with Gasteiger partial charge in [0.2, 0.25) is 6.29 Å². The van der Waals surface area contributed by atoms with Gasteiger partial charge in [-0.3, -0.25) is 28.8 Å². The molecule has 286 valence electrons. The number of esters is 6. The number of hydrogen-bond donors (Lipinski definition) is 0. The van der Waals surface area contributed by atoms with Crippen LogP contribution in [0.25, 0.3) is 0 Å². The van der Waals surface area contributed by atoms with Crippen LogP contribution in [0.15, 0.2) is 0 Å². The van der Waals surface area contributed by atoms with E-state index in [2.05, 4.69) is 13.8 Å². The lowest BCUT2D eigenvalue weighted by atomic mass is 9.42. The first-order valence-electron chi connectivity index (χ1n) is 17.9. The summed E-state index contributed by atoms with van der Waals surface area (Å²) in [6.07, 6.45) is -2.56. The number of rotatable bonds is 12. The van der Waals surface area contributed by atoms with Crippen molar-refractivity contribution in [3.05, 3.63) is 0 Å². The molecule has 0 radical (unpaired) electrons. The van der Waals surface area contributed by atoms with E-state index in [1.807, 2.05) is 0 Å². The number of carbonyl (C=O) groups excluding carboxylic acids is 6. The van der Waals surface area contributed by atoms with Crippen molar-refractivity contribution >= 4 is 35.8 Å². The molecule has 0 unspecified atom stereocenters. The molecule has 5 rings (SSSR count). The molecule has 3 saturated heterocycles. The minimum Gasteiger partial charge on any atom is -0.465 e. The fraction of sp³-hybridized carbons (Fsp3) is 0.833. The molecule has 5 aliphatic rings. The maximum atomic E-state index is 13.4. The molecule has 3 aliphatic heterocycles. The molecule has 15 heteroatoms. The number of ether oxygens (including phenoxy) is 9. The highest BCUT2D eigenvalue weighted by Crippen LogP contribution is 2.70. The summed E-state index contributed by atoms with van der Waals surface area (Å²) in [5.41, 5.74) is -2.62. The van der Waals surface area contributed by atoms with Gasteiger partial charge in [-0.1, -0.05) is 13.8 Å². The first-order valence-corrected chi connectivity index (χ1v) is 17.9. The largest absolute Gasteiger partial charge is 0.465 e. The zero-order chi connectivity index (χ0) is 37.5. The molecule has 2 aliphatic carbocycles. The van der Waals surface area contributed by atoms with Crippen molar-refractivity contribution in [1.29, 1.82) is 0 Å². The summed E-state index contributed by atoms with van der Waals surface area (Å²) in [6.45, 7) is 12.7. The van der Waals surface area contributed by atoms with E-state index >= 15 is 0 Å². The van der Waals surface area contributed by atoms with Gasteiger partial charge in [-0.15, -0.1) is 0 Å². The molecule has 15 nitrogen and oxygen atoms in total. The smallest absolute Gasteiger partial charge is 0.309 e. The summed E-state index contributed by atoms with van der Waals surface area (Å²) in [5.74, 6) is -3.63. The van der Waals surface area contributed by atoms with E-state index in [0.717, 1.165) is 0 Å². The molecule has 0 aromatic carbocycles. The molecule has 0 N–H and O–H groups in total. The Labute approximate surface area is 297 Å². The molecule has 2 saturated carbocycles. The van der Waals surface area contributed by atoms with Gasteiger partial charge in [0.15, 0.2) is 6.29 Å². The fourth-order valence-corrected chi connectivity index (χ4v) is 9.45. The molecule has 1 spiro atoms. The molecule has 0 bridgehead atoms. The van der Waals surface area contributed by atoms with Crippen LogP contribution < -0.4 is 0 Å². The van der Waals surface area contributed by atoms with Crippen molar-refractivity contribution in [2.45, 2.75) is 149 Å². The van der Waals surface area contributed by atoms with E-state index in [-0.39, 0.29) is 44.0 Å². The predicted octanol–water partition coefficient (Wildman–Crippen LogP) is 3.31. The summed E-state index contributed by atoms with van der Waals surface area (Å²) < 4.78 is 52.6. The zero-order valence-electron chi connectivity index (χ0n) is 30.8. The third kappa shape index (κ3) is 8.04. The molecule has 3 heterocycles. The van der Waals surface area contributed by atoms with E-state index in [1.165, 1.54) is 27.7 Å². The van der Waals surface area contributed by atoms with Crippen molar-refractivity contribution in [2.75, 3.05) is 13.2 Å². The Bertz CT molecular complexity index is 1360. The predicted molar refractivity (Wildman–Crippen MR) is 172 cm³/mol. The van der Waals surface area contributed by atoms with Crippen LogP contribution in [0.2, 0.25) is 0 Å². The standard InChI is InChI=1S/C36H52O15/c1-18-9-29(48-23(6)39)36(17-43-30(41)10-20(3)46-31(42)11-19(2)45-21(4)37)27(14-26(47-22(5)38)15-35(36)16-44-35)34(18,8)28-12-25-13-32(49-24(7)40)51-33(25)50-28/h18-20,25-29,32-33H,9-17H2,1-8H3/t18-,19+,20+,25+,26-,27-,28+,29+,32-,33-,34+,35+,36+/m1/s1. The molecule has 5 fully saturated rings. The average Bonchev–Trinajstić information content (AvgIpc) is 3.48. The van der Waals surface area contributed by atoms with Crippen molar-refractivity contribution in [3.8, 4) is 0 Å². The molecular formula is C36H52O15. The van der Waals surface area contributed by atoms with Crippen LogP contribution in [0.1, 0.15) is 100 Å². The van der Waals surface area contributed by atoms with E-state index in [0.29, 0.717) is 32.1 Å². The van der Waals surface area contributed by atoms with Crippen molar-refractivity contribution in [3.63, 3.8) is 0 Å². The van der Waals surface area contributed by atoms with Gasteiger partial charge in [-0.05, 0) is 44.9 Å². The third-order valence-corrected chi connectivity index (χ3v) is 11.7. The Balaban J connectivity index is 1.41. The Morgan fingerprint density at radius 1 is 0.765 bits per heavy atom. The molecule has 13 atom stereocenters. The molecule has 0 amide bonds. The van der Waals surface area contributed by atoms with E-state index in [1.54, 1.807) is 13.8 Å². The van der Waals surface area contributed by atoms with E-state index < -0.39 is 95.2 Å². The van der Waals surface area contributed by atoms with Gasteiger partial charge in [0, 0.05) is 51.9 Å². The lowest BCUT2D eigenvalue weighted by Gasteiger charge is -2.64. The molecule has 51 heavy (non-hydrogen) atoms. The number of carbonyl (C=O) groups is 6. The minimum atomic E-state index is -1.05. The highest BCUT2D eigenvalue weighted by molar-refractivity contribution is 5.73. The van der Waals surface area contributed by atoms with Crippen LogP contribution in [0.5, 0.6) is 0 Å². The Morgan fingerprint density at radius 3 is 1.98 bits per heavy atom. The molecule has 0 aromatic heterocycles. The Hall–Kier alpha value is -3.30. The fourth-order valence-electron chi connectivity index (χ4n) is 9.45. The summed E-state index contributed by atoms with van der Waals surface area (Å²) in [6, 6.07) is 0. The van der Waals surface area contributed by atoms with Crippen LogP contribution in [0.3, 0.4) is 0 Å². The van der Waals surface area contributed by atoms with Gasteiger partial charge in [0.1, 0.15) is 36.6 Å². The summed E-state index contributed by atoms with van der Waals surface area (Å²) in [7, 11) is 0. The van der Waals surface area contributed by atoms with Crippen LogP contribution in [-0.2, 0) is 71.4 Å². The Kier molecular flexibility index (Phi) is 11.4. The average molecular weight is 725 g/mol. The lowest BCUT2D eigenvalue weighted by Crippen LogP contribution is -2.70. The van der Waals surface area contributed by atoms with E-state index in [4.69, 9.17) is 42.6 Å². The number of fused-ring (bicyclic) bond motifs is 3. The van der Waals surface area contributed by atoms with Crippen LogP contribution in [0.4, 0.5) is 0 Å². The van der Waals surface area contributed by atoms with Gasteiger partial charge in [0.05, 0.1) is 31.0 Å². The second kappa shape index (κ2) is 15.0. The van der Waals surface area contributed by atoms with Gasteiger partial charge in [-0.25, -0.2) is 0 Å². The molecule has 0 aromatic rings. The van der Waals surface area contributed by atoms with Crippen LogP contribution in [-0.4, -0.2) is 97.7 Å². The van der Waals surface area contributed by atoms with Gasteiger partial charge >= 0.3 is 35.8 Å². The van der Waals surface area contributed by atoms with Crippen LogP contribution >= 0.6 is 0 Å². The first kappa shape index (κ1) is 38.9. The topological polar surface area (TPSA) is 189 Å². The van der Waals surface area contributed by atoms with Crippen LogP contribution in [0, 0.1) is 28.6 Å². The molecular weight excluding hydrogens is 672 g/mol. The van der Waals surface area contributed by atoms with Gasteiger partial charge in [-0.2, -0.15) is 0 Å². The summed E-state index contributed by atoms with van der Waals surface area (Å²) in [4.78, 5) is 73.6. The highest BCUT2D eigenvalue weighted by Gasteiger charge is 2.78. The summed E-state index contributed by atoms with van der Waals surface area (Å²) >= 11 is 0. The third-order valence-electron chi connectivity index (χ3n) is 11.7.